The maximum Gasteiger partial charge on any atom is 0.270 e. The van der Waals surface area contributed by atoms with Crippen LogP contribution in [0.5, 0.6) is 0 Å². The summed E-state index contributed by atoms with van der Waals surface area (Å²) in [6, 6.07) is 8.11. The molecule has 4 rings (SSSR count). The Kier molecular flexibility index (Phi) is 5.31. The standard InChI is InChI=1S/C22H26FN3O2/c1-26-11-10-17-15(12-14-6-8-16(23)9-7-14)13-19(24-21(17)26)22(28)25-18-4-2-3-5-20(18)27/h6-9,13,18,20,27H,2-5,10-12H2,1H3,(H,25,28)/t18-,20-/m0/s1. The summed E-state index contributed by atoms with van der Waals surface area (Å²) < 4.78 is 13.2. The van der Waals surface area contributed by atoms with Gasteiger partial charge in [0.05, 0.1) is 12.1 Å². The number of nitrogens with one attached hydrogen (secondary N) is 1. The second-order valence-corrected chi connectivity index (χ2v) is 7.88. The minimum absolute atomic E-state index is 0.213. The zero-order chi connectivity index (χ0) is 19.7. The maximum absolute atomic E-state index is 13.2. The Labute approximate surface area is 164 Å². The molecule has 1 aromatic carbocycles. The molecule has 0 unspecified atom stereocenters. The molecule has 0 bridgehead atoms. The van der Waals surface area contributed by atoms with E-state index in [-0.39, 0.29) is 17.8 Å². The molecule has 0 spiro atoms. The van der Waals surface area contributed by atoms with Crippen LogP contribution in [0.3, 0.4) is 0 Å². The fraction of sp³-hybridized carbons (Fsp3) is 0.455. The molecule has 0 radical (unpaired) electrons. The van der Waals surface area contributed by atoms with Gasteiger partial charge in [0, 0.05) is 19.2 Å². The van der Waals surface area contributed by atoms with E-state index < -0.39 is 6.10 Å². The number of carbonyl (C=O) groups is 1. The Morgan fingerprint density at radius 3 is 2.79 bits per heavy atom. The second kappa shape index (κ2) is 7.87. The Morgan fingerprint density at radius 1 is 1.29 bits per heavy atom. The van der Waals surface area contributed by atoms with Crippen LogP contribution < -0.4 is 10.2 Å². The minimum atomic E-state index is -0.492. The van der Waals surface area contributed by atoms with Gasteiger partial charge in [0.1, 0.15) is 17.3 Å². The van der Waals surface area contributed by atoms with Crippen LogP contribution in [0.1, 0.15) is 52.9 Å². The van der Waals surface area contributed by atoms with Crippen LogP contribution in [0.4, 0.5) is 10.2 Å². The number of aliphatic hydroxyl groups excluding tert-OH is 1. The van der Waals surface area contributed by atoms with E-state index in [0.29, 0.717) is 12.1 Å². The third-order valence-electron chi connectivity index (χ3n) is 5.84. The fourth-order valence-corrected chi connectivity index (χ4v) is 4.20. The van der Waals surface area contributed by atoms with Crippen LogP contribution in [0.25, 0.3) is 0 Å². The van der Waals surface area contributed by atoms with E-state index in [4.69, 9.17) is 0 Å². The molecule has 28 heavy (non-hydrogen) atoms. The van der Waals surface area contributed by atoms with Gasteiger partial charge in [-0.3, -0.25) is 4.79 Å². The number of halogens is 1. The number of rotatable bonds is 4. The number of carbonyl (C=O) groups excluding carboxylic acids is 1. The van der Waals surface area contributed by atoms with Crippen LogP contribution in [0.2, 0.25) is 0 Å². The molecule has 1 saturated carbocycles. The van der Waals surface area contributed by atoms with E-state index in [1.54, 1.807) is 12.1 Å². The minimum Gasteiger partial charge on any atom is -0.391 e. The first-order valence-corrected chi connectivity index (χ1v) is 9.98. The highest BCUT2D eigenvalue weighted by Gasteiger charge is 2.28. The summed E-state index contributed by atoms with van der Waals surface area (Å²) >= 11 is 0. The number of aliphatic hydroxyl groups is 1. The summed E-state index contributed by atoms with van der Waals surface area (Å²) in [5, 5.41) is 13.1. The van der Waals surface area contributed by atoms with Crippen molar-refractivity contribution in [1.82, 2.24) is 10.3 Å². The highest BCUT2D eigenvalue weighted by atomic mass is 19.1. The second-order valence-electron chi connectivity index (χ2n) is 7.88. The molecule has 1 aliphatic heterocycles. The van der Waals surface area contributed by atoms with Crippen molar-refractivity contribution in [3.63, 3.8) is 0 Å². The molecule has 1 fully saturated rings. The zero-order valence-corrected chi connectivity index (χ0v) is 16.1. The average Bonchev–Trinajstić information content (AvgIpc) is 3.07. The lowest BCUT2D eigenvalue weighted by Gasteiger charge is -2.28. The molecule has 2 N–H and O–H groups in total. The zero-order valence-electron chi connectivity index (χ0n) is 16.1. The van der Waals surface area contributed by atoms with Gasteiger partial charge in [-0.05, 0) is 55.0 Å². The van der Waals surface area contributed by atoms with E-state index in [1.165, 1.54) is 12.1 Å². The molecule has 5 nitrogen and oxygen atoms in total. The number of hydrogen-bond donors (Lipinski definition) is 2. The van der Waals surface area contributed by atoms with Crippen LogP contribution in [0, 0.1) is 5.82 Å². The van der Waals surface area contributed by atoms with Crippen molar-refractivity contribution in [2.75, 3.05) is 18.5 Å². The van der Waals surface area contributed by atoms with Gasteiger partial charge in [0.25, 0.3) is 5.91 Å². The Balaban J connectivity index is 1.61. The van der Waals surface area contributed by atoms with E-state index in [2.05, 4.69) is 15.2 Å². The SMILES string of the molecule is CN1CCc2c(Cc3ccc(F)cc3)cc(C(=O)N[C@H]3CCCC[C@@H]3O)nc21. The lowest BCUT2D eigenvalue weighted by molar-refractivity contribution is 0.0714. The maximum atomic E-state index is 13.2. The number of hydrogen-bond acceptors (Lipinski definition) is 4. The first-order valence-electron chi connectivity index (χ1n) is 9.98. The van der Waals surface area contributed by atoms with Crippen LogP contribution in [0.15, 0.2) is 30.3 Å². The fourth-order valence-electron chi connectivity index (χ4n) is 4.20. The molecule has 1 aliphatic carbocycles. The molecule has 1 amide bonds. The first kappa shape index (κ1) is 18.9. The Hall–Kier alpha value is -2.47. The summed E-state index contributed by atoms with van der Waals surface area (Å²) in [5.74, 6) is 0.345. The van der Waals surface area contributed by atoms with Gasteiger partial charge < -0.3 is 15.3 Å². The molecule has 0 saturated heterocycles. The van der Waals surface area contributed by atoms with Gasteiger partial charge in [-0.15, -0.1) is 0 Å². The quantitative estimate of drug-likeness (QED) is 0.852. The molecule has 1 aromatic heterocycles. The van der Waals surface area contributed by atoms with Crippen molar-refractivity contribution >= 4 is 11.7 Å². The summed E-state index contributed by atoms with van der Waals surface area (Å²) in [5.41, 5.74) is 3.58. The van der Waals surface area contributed by atoms with Crippen molar-refractivity contribution < 1.29 is 14.3 Å². The Morgan fingerprint density at radius 2 is 2.04 bits per heavy atom. The average molecular weight is 383 g/mol. The monoisotopic (exact) mass is 383 g/mol. The summed E-state index contributed by atoms with van der Waals surface area (Å²) in [6.45, 7) is 0.866. The van der Waals surface area contributed by atoms with Gasteiger partial charge in [-0.25, -0.2) is 9.37 Å². The lowest BCUT2D eigenvalue weighted by Crippen LogP contribution is -2.45. The summed E-state index contributed by atoms with van der Waals surface area (Å²) in [6.07, 6.45) is 4.55. The van der Waals surface area contributed by atoms with Crippen molar-refractivity contribution in [3.8, 4) is 0 Å². The lowest BCUT2D eigenvalue weighted by atomic mass is 9.92. The molecular formula is C22H26FN3O2. The third kappa shape index (κ3) is 3.87. The van der Waals surface area contributed by atoms with Crippen molar-refractivity contribution in [2.24, 2.45) is 0 Å². The van der Waals surface area contributed by atoms with Crippen LogP contribution in [-0.4, -0.2) is 41.7 Å². The molecule has 148 valence electrons. The number of likely N-dealkylation sites (N-methyl/N-ethyl adjacent to an activating group) is 1. The van der Waals surface area contributed by atoms with E-state index in [9.17, 15) is 14.3 Å². The number of pyridine rings is 1. The highest BCUT2D eigenvalue weighted by molar-refractivity contribution is 5.93. The normalized spacial score (nSPS) is 21.5. The van der Waals surface area contributed by atoms with Gasteiger partial charge in [-0.2, -0.15) is 0 Å². The molecule has 2 atom stereocenters. The molecule has 6 heteroatoms. The third-order valence-corrected chi connectivity index (χ3v) is 5.84. The van der Waals surface area contributed by atoms with Gasteiger partial charge in [-0.1, -0.05) is 25.0 Å². The van der Waals surface area contributed by atoms with Crippen molar-refractivity contribution in [2.45, 2.75) is 50.7 Å². The molecule has 2 aromatic rings. The Bertz CT molecular complexity index is 869. The van der Waals surface area contributed by atoms with Crippen LogP contribution in [-0.2, 0) is 12.8 Å². The number of aromatic nitrogens is 1. The van der Waals surface area contributed by atoms with Crippen LogP contribution >= 0.6 is 0 Å². The molecule has 2 heterocycles. The van der Waals surface area contributed by atoms with Gasteiger partial charge in [0.15, 0.2) is 0 Å². The highest BCUT2D eigenvalue weighted by Crippen LogP contribution is 2.30. The predicted molar refractivity (Wildman–Crippen MR) is 106 cm³/mol. The topological polar surface area (TPSA) is 65.5 Å². The number of fused-ring (bicyclic) bond motifs is 1. The summed E-state index contributed by atoms with van der Waals surface area (Å²) in [4.78, 5) is 19.5. The smallest absolute Gasteiger partial charge is 0.270 e. The predicted octanol–water partition coefficient (Wildman–Crippen LogP) is 2.84. The number of anilines is 1. The summed E-state index contributed by atoms with van der Waals surface area (Å²) in [7, 11) is 1.98. The number of benzene rings is 1. The molecule has 2 aliphatic rings. The van der Waals surface area contributed by atoms with Crippen molar-refractivity contribution in [1.29, 1.82) is 0 Å². The molecular weight excluding hydrogens is 357 g/mol. The van der Waals surface area contributed by atoms with E-state index in [0.717, 1.165) is 61.2 Å². The van der Waals surface area contributed by atoms with Crippen molar-refractivity contribution in [3.05, 3.63) is 58.5 Å². The first-order chi connectivity index (χ1) is 13.5. The van der Waals surface area contributed by atoms with Gasteiger partial charge >= 0.3 is 0 Å². The largest absolute Gasteiger partial charge is 0.391 e. The number of amides is 1. The van der Waals surface area contributed by atoms with E-state index in [1.807, 2.05) is 13.1 Å². The number of nitrogens with zero attached hydrogens (tertiary/aromatic N) is 2. The van der Waals surface area contributed by atoms with Gasteiger partial charge in [0.2, 0.25) is 0 Å². The van der Waals surface area contributed by atoms with E-state index >= 15 is 0 Å².